The molecule has 4 aliphatic carbocycles. The molecule has 2 aromatic carbocycles. The summed E-state index contributed by atoms with van der Waals surface area (Å²) in [4.78, 5) is 36.0. The first-order valence-corrected chi connectivity index (χ1v) is 12.2. The molecule has 2 atom stereocenters. The molecule has 33 heavy (non-hydrogen) atoms. The van der Waals surface area contributed by atoms with E-state index >= 15 is 0 Å². The zero-order valence-electron chi connectivity index (χ0n) is 18.5. The van der Waals surface area contributed by atoms with Crippen LogP contribution in [-0.2, 0) is 16.0 Å². The van der Waals surface area contributed by atoms with E-state index in [0.717, 1.165) is 43.2 Å². The lowest BCUT2D eigenvalue weighted by atomic mass is 9.59. The van der Waals surface area contributed by atoms with Gasteiger partial charge in [-0.3, -0.25) is 9.59 Å². The molecule has 168 valence electrons. The van der Waals surface area contributed by atoms with Gasteiger partial charge >= 0.3 is 0 Å². The fraction of sp³-hybridized carbons (Fsp3) is 0.407. The molecule has 0 amide bonds. The van der Waals surface area contributed by atoms with Crippen LogP contribution in [0.25, 0.3) is 11.0 Å². The first-order valence-electron chi connectivity index (χ1n) is 11.8. The van der Waals surface area contributed by atoms with Gasteiger partial charge in [-0.05, 0) is 85.4 Å². The number of fused-ring (bicyclic) bond motifs is 3. The van der Waals surface area contributed by atoms with Crippen LogP contribution in [0.15, 0.2) is 42.6 Å². The van der Waals surface area contributed by atoms with Crippen molar-refractivity contribution in [3.05, 3.63) is 58.7 Å². The summed E-state index contributed by atoms with van der Waals surface area (Å²) < 4.78 is 6.03. The van der Waals surface area contributed by atoms with Gasteiger partial charge in [0.2, 0.25) is 5.88 Å². The van der Waals surface area contributed by atoms with Gasteiger partial charge in [0.25, 0.3) is 0 Å². The number of benzene rings is 2. The monoisotopic (exact) mass is 460 g/mol. The van der Waals surface area contributed by atoms with Gasteiger partial charge in [-0.25, -0.2) is 9.97 Å². The summed E-state index contributed by atoms with van der Waals surface area (Å²) in [5.41, 5.74) is 3.21. The van der Waals surface area contributed by atoms with E-state index in [1.165, 1.54) is 0 Å². The van der Waals surface area contributed by atoms with Crippen molar-refractivity contribution in [2.24, 2.45) is 23.7 Å². The van der Waals surface area contributed by atoms with E-state index in [0.29, 0.717) is 39.5 Å². The number of ether oxygens (including phenoxy) is 1. The molecule has 7 rings (SSSR count). The SMILES string of the molecule is CCc1ccc(Oc2cnc3cc(Cl)ccc3n2)cc1C1C(=O)C2C3CCC(CC3)C2C1=O. The number of nitrogens with zero attached hydrogens (tertiary/aromatic N) is 2. The predicted molar refractivity (Wildman–Crippen MR) is 126 cm³/mol. The van der Waals surface area contributed by atoms with E-state index in [4.69, 9.17) is 16.3 Å². The lowest BCUT2D eigenvalue weighted by molar-refractivity contribution is -0.129. The Morgan fingerprint density at radius 1 is 0.939 bits per heavy atom. The Hall–Kier alpha value is -2.79. The zero-order valence-corrected chi connectivity index (χ0v) is 19.2. The molecule has 5 nitrogen and oxygen atoms in total. The second-order valence-electron chi connectivity index (χ2n) is 9.62. The van der Waals surface area contributed by atoms with Crippen LogP contribution in [0, 0.1) is 23.7 Å². The Morgan fingerprint density at radius 2 is 1.64 bits per heavy atom. The average molecular weight is 461 g/mol. The summed E-state index contributed by atoms with van der Waals surface area (Å²) in [5.74, 6) is 1.12. The third kappa shape index (κ3) is 3.36. The van der Waals surface area contributed by atoms with E-state index < -0.39 is 5.92 Å². The molecule has 6 heteroatoms. The predicted octanol–water partition coefficient (Wildman–Crippen LogP) is 5.93. The van der Waals surface area contributed by atoms with E-state index in [2.05, 4.69) is 16.9 Å². The molecule has 3 aromatic rings. The maximum atomic E-state index is 13.6. The van der Waals surface area contributed by atoms with E-state index in [9.17, 15) is 9.59 Å². The summed E-state index contributed by atoms with van der Waals surface area (Å²) in [6.07, 6.45) is 6.68. The Bertz CT molecular complexity index is 1250. The molecular formula is C27H25ClN2O3. The number of rotatable bonds is 4. The van der Waals surface area contributed by atoms with Crippen LogP contribution in [0.4, 0.5) is 0 Å². The molecule has 0 radical (unpaired) electrons. The van der Waals surface area contributed by atoms with Gasteiger partial charge in [-0.2, -0.15) is 0 Å². The Labute approximate surface area is 197 Å². The third-order valence-electron chi connectivity index (χ3n) is 7.96. The molecule has 0 N–H and O–H groups in total. The van der Waals surface area contributed by atoms with Crippen molar-refractivity contribution in [1.82, 2.24) is 9.97 Å². The van der Waals surface area contributed by atoms with Crippen molar-refractivity contribution < 1.29 is 14.3 Å². The molecule has 4 aliphatic rings. The first-order chi connectivity index (χ1) is 16.0. The topological polar surface area (TPSA) is 69.2 Å². The number of aromatic nitrogens is 2. The number of hydrogen-bond donors (Lipinski definition) is 0. The van der Waals surface area contributed by atoms with Gasteiger partial charge in [-0.15, -0.1) is 0 Å². The molecule has 1 aromatic heterocycles. The fourth-order valence-electron chi connectivity index (χ4n) is 6.46. The summed E-state index contributed by atoms with van der Waals surface area (Å²) in [5, 5.41) is 0.602. The van der Waals surface area contributed by atoms with Crippen LogP contribution in [-0.4, -0.2) is 21.5 Å². The van der Waals surface area contributed by atoms with Crippen molar-refractivity contribution in [1.29, 1.82) is 0 Å². The molecule has 0 spiro atoms. The number of halogens is 1. The van der Waals surface area contributed by atoms with Crippen LogP contribution in [0.5, 0.6) is 11.6 Å². The van der Waals surface area contributed by atoms with Gasteiger partial charge in [0.15, 0.2) is 11.6 Å². The second-order valence-corrected chi connectivity index (χ2v) is 10.1. The van der Waals surface area contributed by atoms with Gasteiger partial charge in [-0.1, -0.05) is 24.6 Å². The van der Waals surface area contributed by atoms with Crippen LogP contribution in [0.3, 0.4) is 0 Å². The maximum Gasteiger partial charge on any atom is 0.238 e. The Kier molecular flexibility index (Phi) is 4.98. The van der Waals surface area contributed by atoms with Crippen LogP contribution in [0.1, 0.15) is 49.7 Å². The Balaban J connectivity index is 1.34. The Morgan fingerprint density at radius 3 is 2.30 bits per heavy atom. The molecule has 1 heterocycles. The summed E-state index contributed by atoms with van der Waals surface area (Å²) in [7, 11) is 0. The molecule has 0 saturated heterocycles. The standard InChI is InChI=1S/C27H25ClN2O3/c1-2-14-7-9-18(33-22-13-29-21-11-17(28)8-10-20(21)30-22)12-19(14)25-26(31)23-15-3-4-16(6-5-15)24(23)27(25)32/h7-13,15-16,23-25H,2-6H2,1H3. The van der Waals surface area contributed by atoms with Crippen molar-refractivity contribution in [2.45, 2.75) is 44.9 Å². The molecule has 0 aliphatic heterocycles. The van der Waals surface area contributed by atoms with E-state index in [1.54, 1.807) is 24.4 Å². The number of carbonyl (C=O) groups is 2. The molecule has 2 unspecified atom stereocenters. The number of carbonyl (C=O) groups excluding carboxylic acids is 2. The highest BCUT2D eigenvalue weighted by atomic mass is 35.5. The zero-order chi connectivity index (χ0) is 22.7. The van der Waals surface area contributed by atoms with Crippen molar-refractivity contribution in [2.75, 3.05) is 0 Å². The molecule has 4 fully saturated rings. The van der Waals surface area contributed by atoms with Crippen LogP contribution >= 0.6 is 11.6 Å². The van der Waals surface area contributed by atoms with Gasteiger partial charge in [0.05, 0.1) is 17.2 Å². The largest absolute Gasteiger partial charge is 0.437 e. The average Bonchev–Trinajstić information content (AvgIpc) is 3.12. The van der Waals surface area contributed by atoms with Crippen molar-refractivity contribution in [3.8, 4) is 11.6 Å². The lowest BCUT2D eigenvalue weighted by Crippen LogP contribution is -2.41. The quantitative estimate of drug-likeness (QED) is 0.451. The lowest BCUT2D eigenvalue weighted by Gasteiger charge is -2.43. The highest BCUT2D eigenvalue weighted by molar-refractivity contribution is 6.31. The summed E-state index contributed by atoms with van der Waals surface area (Å²) >= 11 is 6.03. The van der Waals surface area contributed by atoms with Crippen LogP contribution < -0.4 is 4.74 Å². The minimum Gasteiger partial charge on any atom is -0.437 e. The number of hydrogen-bond acceptors (Lipinski definition) is 5. The maximum absolute atomic E-state index is 13.6. The van der Waals surface area contributed by atoms with Crippen molar-refractivity contribution >= 4 is 34.2 Å². The van der Waals surface area contributed by atoms with Crippen molar-refractivity contribution in [3.63, 3.8) is 0 Å². The highest BCUT2D eigenvalue weighted by Crippen LogP contribution is 2.56. The third-order valence-corrected chi connectivity index (χ3v) is 8.19. The summed E-state index contributed by atoms with van der Waals surface area (Å²) in [6, 6.07) is 11.0. The normalized spacial score (nSPS) is 28.4. The minimum atomic E-state index is -0.662. The van der Waals surface area contributed by atoms with Crippen LogP contribution in [0.2, 0.25) is 5.02 Å². The van der Waals surface area contributed by atoms with E-state index in [1.807, 2.05) is 18.2 Å². The highest BCUT2D eigenvalue weighted by Gasteiger charge is 2.59. The minimum absolute atomic E-state index is 0.0811. The van der Waals surface area contributed by atoms with E-state index in [-0.39, 0.29) is 23.4 Å². The number of aryl methyl sites for hydroxylation is 1. The second kappa shape index (κ2) is 7.91. The fourth-order valence-corrected chi connectivity index (χ4v) is 6.63. The number of Topliss-reactive ketones (excluding diaryl/α,β-unsaturated/α-hetero) is 2. The summed E-state index contributed by atoms with van der Waals surface area (Å²) in [6.45, 7) is 2.06. The smallest absolute Gasteiger partial charge is 0.238 e. The van der Waals surface area contributed by atoms with Gasteiger partial charge in [0, 0.05) is 16.9 Å². The molecule has 4 saturated carbocycles. The molecule has 2 bridgehead atoms. The van der Waals surface area contributed by atoms with Gasteiger partial charge < -0.3 is 4.74 Å². The van der Waals surface area contributed by atoms with Gasteiger partial charge in [0.1, 0.15) is 11.7 Å². The first kappa shape index (κ1) is 20.8. The molecular weight excluding hydrogens is 436 g/mol. The number of ketones is 2.